The van der Waals surface area contributed by atoms with Crippen LogP contribution in [0, 0.1) is 0 Å². The predicted octanol–water partition coefficient (Wildman–Crippen LogP) is 2.48. The van der Waals surface area contributed by atoms with Gasteiger partial charge in [0, 0.05) is 19.6 Å². The first-order chi connectivity index (χ1) is 11.5. The van der Waals surface area contributed by atoms with Gasteiger partial charge in [-0.3, -0.25) is 4.79 Å². The van der Waals surface area contributed by atoms with Crippen LogP contribution in [0.5, 0.6) is 0 Å². The Labute approximate surface area is 143 Å². The Balaban J connectivity index is 1.72. The summed E-state index contributed by atoms with van der Waals surface area (Å²) < 4.78 is 27.8. The van der Waals surface area contributed by atoms with Gasteiger partial charge in [-0.25, -0.2) is 8.42 Å². The molecule has 5 nitrogen and oxygen atoms in total. The van der Waals surface area contributed by atoms with Crippen LogP contribution in [-0.4, -0.2) is 38.3 Å². The van der Waals surface area contributed by atoms with Gasteiger partial charge in [-0.05, 0) is 48.9 Å². The summed E-state index contributed by atoms with van der Waals surface area (Å²) in [5.74, 6) is 0.0983. The zero-order chi connectivity index (χ0) is 16.9. The lowest BCUT2D eigenvalue weighted by atomic mass is 9.96. The number of anilines is 1. The molecule has 24 heavy (non-hydrogen) atoms. The maximum absolute atomic E-state index is 13.1. The van der Waals surface area contributed by atoms with E-state index in [2.05, 4.69) is 0 Å². The van der Waals surface area contributed by atoms with Crippen LogP contribution < -0.4 is 4.90 Å². The van der Waals surface area contributed by atoms with Crippen molar-refractivity contribution in [3.8, 4) is 0 Å². The molecule has 2 heterocycles. The number of hydrogen-bond donors (Lipinski definition) is 0. The molecule has 1 aromatic rings. The molecule has 0 unspecified atom stereocenters. The molecule has 0 atom stereocenters. The van der Waals surface area contributed by atoms with E-state index in [1.54, 1.807) is 23.5 Å². The van der Waals surface area contributed by atoms with Crippen LogP contribution >= 0.6 is 0 Å². The van der Waals surface area contributed by atoms with Gasteiger partial charge < -0.3 is 4.90 Å². The number of rotatable bonds is 3. The molecular weight excluding hydrogens is 324 g/mol. The molecule has 0 aromatic heterocycles. The quantitative estimate of drug-likeness (QED) is 0.843. The Morgan fingerprint density at radius 3 is 2.54 bits per heavy atom. The summed E-state index contributed by atoms with van der Waals surface area (Å²) in [5.41, 5.74) is 2.87. The average Bonchev–Trinajstić information content (AvgIpc) is 2.92. The van der Waals surface area contributed by atoms with E-state index in [-0.39, 0.29) is 11.9 Å². The Morgan fingerprint density at radius 1 is 1.08 bits per heavy atom. The Kier molecular flexibility index (Phi) is 3.92. The lowest BCUT2D eigenvalue weighted by molar-refractivity contribution is -0.117. The van der Waals surface area contributed by atoms with Gasteiger partial charge >= 0.3 is 0 Å². The molecule has 130 valence electrons. The third-order valence-electron chi connectivity index (χ3n) is 5.75. The van der Waals surface area contributed by atoms with E-state index < -0.39 is 10.0 Å². The van der Waals surface area contributed by atoms with E-state index in [0.717, 1.165) is 61.9 Å². The van der Waals surface area contributed by atoms with Crippen molar-refractivity contribution >= 4 is 21.6 Å². The fraction of sp³-hybridized carbons (Fsp3) is 0.611. The molecule has 1 amide bonds. The van der Waals surface area contributed by atoms with Crippen LogP contribution in [0.25, 0.3) is 0 Å². The van der Waals surface area contributed by atoms with Gasteiger partial charge in [0.15, 0.2) is 0 Å². The smallest absolute Gasteiger partial charge is 0.243 e. The van der Waals surface area contributed by atoms with Crippen molar-refractivity contribution < 1.29 is 13.2 Å². The SMILES string of the molecule is CN(C1CCCCC1)S(=O)(=O)c1cc2c3c(c1)CC(=O)N3CCC2. The lowest BCUT2D eigenvalue weighted by Crippen LogP contribution is -2.38. The van der Waals surface area contributed by atoms with Crippen LogP contribution in [0.2, 0.25) is 0 Å². The first-order valence-corrected chi connectivity index (χ1v) is 10.4. The van der Waals surface area contributed by atoms with E-state index in [1.807, 2.05) is 4.90 Å². The van der Waals surface area contributed by atoms with Crippen LogP contribution in [-0.2, 0) is 27.7 Å². The highest BCUT2D eigenvalue weighted by Crippen LogP contribution is 2.39. The van der Waals surface area contributed by atoms with Crippen LogP contribution in [0.15, 0.2) is 17.0 Å². The van der Waals surface area contributed by atoms with Gasteiger partial charge in [-0.15, -0.1) is 0 Å². The number of aryl methyl sites for hydroxylation is 1. The van der Waals surface area contributed by atoms with Gasteiger partial charge in [0.2, 0.25) is 15.9 Å². The molecule has 1 aliphatic carbocycles. The minimum atomic E-state index is -3.50. The number of nitrogens with zero attached hydrogens (tertiary/aromatic N) is 2. The first-order valence-electron chi connectivity index (χ1n) is 8.92. The lowest BCUT2D eigenvalue weighted by Gasteiger charge is -2.31. The van der Waals surface area contributed by atoms with E-state index >= 15 is 0 Å². The molecule has 0 N–H and O–H groups in total. The van der Waals surface area contributed by atoms with Crippen LogP contribution in [0.4, 0.5) is 5.69 Å². The van der Waals surface area contributed by atoms with Gasteiger partial charge in [-0.2, -0.15) is 4.31 Å². The van der Waals surface area contributed by atoms with Crippen LogP contribution in [0.1, 0.15) is 49.7 Å². The first kappa shape index (κ1) is 16.1. The third-order valence-corrected chi connectivity index (χ3v) is 7.64. The third kappa shape index (κ3) is 2.47. The van der Waals surface area contributed by atoms with Crippen molar-refractivity contribution in [3.05, 3.63) is 23.3 Å². The molecule has 0 spiro atoms. The fourth-order valence-corrected chi connectivity index (χ4v) is 5.92. The molecule has 6 heteroatoms. The number of benzene rings is 1. The van der Waals surface area contributed by atoms with Crippen molar-refractivity contribution in [3.63, 3.8) is 0 Å². The number of amides is 1. The zero-order valence-corrected chi connectivity index (χ0v) is 14.9. The molecule has 1 aromatic carbocycles. The number of carbonyl (C=O) groups is 1. The van der Waals surface area contributed by atoms with E-state index in [1.165, 1.54) is 6.42 Å². The van der Waals surface area contributed by atoms with Crippen molar-refractivity contribution in [2.75, 3.05) is 18.5 Å². The van der Waals surface area contributed by atoms with E-state index in [4.69, 9.17) is 0 Å². The highest BCUT2D eigenvalue weighted by Gasteiger charge is 2.35. The second kappa shape index (κ2) is 5.85. The van der Waals surface area contributed by atoms with Crippen molar-refractivity contribution in [2.24, 2.45) is 0 Å². The largest absolute Gasteiger partial charge is 0.312 e. The summed E-state index contributed by atoms with van der Waals surface area (Å²) in [5, 5.41) is 0. The highest BCUT2D eigenvalue weighted by molar-refractivity contribution is 7.89. The van der Waals surface area contributed by atoms with Gasteiger partial charge in [0.1, 0.15) is 0 Å². The average molecular weight is 348 g/mol. The highest BCUT2D eigenvalue weighted by atomic mass is 32.2. The summed E-state index contributed by atoms with van der Waals surface area (Å²) in [6.45, 7) is 0.757. The number of sulfonamides is 1. The van der Waals surface area contributed by atoms with Gasteiger partial charge in [0.05, 0.1) is 17.0 Å². The molecule has 0 saturated heterocycles. The molecule has 3 aliphatic rings. The summed E-state index contributed by atoms with van der Waals surface area (Å²) >= 11 is 0. The minimum Gasteiger partial charge on any atom is -0.312 e. The minimum absolute atomic E-state index is 0.0983. The fourth-order valence-electron chi connectivity index (χ4n) is 4.40. The Hall–Kier alpha value is -1.40. The second-order valence-electron chi connectivity index (χ2n) is 7.23. The molecule has 0 radical (unpaired) electrons. The summed E-state index contributed by atoms with van der Waals surface area (Å²) in [6, 6.07) is 3.64. The second-order valence-corrected chi connectivity index (χ2v) is 9.23. The van der Waals surface area contributed by atoms with Gasteiger partial charge in [-0.1, -0.05) is 19.3 Å². The summed E-state index contributed by atoms with van der Waals surface area (Å²) in [4.78, 5) is 14.3. The van der Waals surface area contributed by atoms with Crippen molar-refractivity contribution in [1.82, 2.24) is 4.31 Å². The molecular formula is C18H24N2O3S. The van der Waals surface area contributed by atoms with Gasteiger partial charge in [0.25, 0.3) is 0 Å². The maximum Gasteiger partial charge on any atom is 0.243 e. The van der Waals surface area contributed by atoms with Crippen molar-refractivity contribution in [1.29, 1.82) is 0 Å². The Bertz CT molecular complexity index is 782. The van der Waals surface area contributed by atoms with E-state index in [0.29, 0.717) is 11.3 Å². The topological polar surface area (TPSA) is 57.7 Å². The molecule has 1 saturated carbocycles. The number of carbonyl (C=O) groups excluding carboxylic acids is 1. The summed E-state index contributed by atoms with van der Waals surface area (Å²) in [7, 11) is -1.79. The van der Waals surface area contributed by atoms with E-state index in [9.17, 15) is 13.2 Å². The normalized spacial score (nSPS) is 21.4. The number of hydrogen-bond acceptors (Lipinski definition) is 3. The molecule has 0 bridgehead atoms. The van der Waals surface area contributed by atoms with Crippen molar-refractivity contribution in [2.45, 2.75) is 62.3 Å². The van der Waals surface area contributed by atoms with Crippen LogP contribution in [0.3, 0.4) is 0 Å². The zero-order valence-electron chi connectivity index (χ0n) is 14.1. The molecule has 4 rings (SSSR count). The maximum atomic E-state index is 13.1. The molecule has 2 aliphatic heterocycles. The summed E-state index contributed by atoms with van der Waals surface area (Å²) in [6.07, 6.45) is 7.37. The standard InChI is InChI=1S/C18H24N2O3S/c1-19(15-7-3-2-4-8-15)24(22,23)16-10-13-6-5-9-20-17(21)12-14(11-16)18(13)20/h10-11,15H,2-9,12H2,1H3. The Morgan fingerprint density at radius 2 is 1.79 bits per heavy atom. The predicted molar refractivity (Wildman–Crippen MR) is 92.6 cm³/mol. The molecule has 1 fully saturated rings. The monoisotopic (exact) mass is 348 g/mol.